The standard InChI is InChI=1S/C22H29ClN2O2/c1-17-13-19(5-8-22(17)27-2)15-25-11-10-24(16-21(25)9-12-26)14-18-3-6-20(23)7-4-18/h3-8,13,21,26H,9-12,14-16H2,1-2H3/t21-/m1/s1. The lowest BCUT2D eigenvalue weighted by atomic mass is 10.0. The van der Waals surface area contributed by atoms with Crippen LogP contribution in [0.5, 0.6) is 5.75 Å². The largest absolute Gasteiger partial charge is 0.496 e. The predicted octanol–water partition coefficient (Wildman–Crippen LogP) is 3.73. The molecule has 1 N–H and O–H groups in total. The lowest BCUT2D eigenvalue weighted by molar-refractivity contribution is 0.0499. The number of aryl methyl sites for hydroxylation is 1. The molecule has 0 radical (unpaired) electrons. The Hall–Kier alpha value is -1.59. The average Bonchev–Trinajstić information content (AvgIpc) is 2.66. The zero-order chi connectivity index (χ0) is 19.2. The normalized spacial score (nSPS) is 18.6. The molecule has 0 aliphatic carbocycles. The number of rotatable bonds is 7. The van der Waals surface area contributed by atoms with Crippen LogP contribution in [0.4, 0.5) is 0 Å². The average molecular weight is 389 g/mol. The fraction of sp³-hybridized carbons (Fsp3) is 0.455. The molecular formula is C22H29ClN2O2. The molecule has 5 heteroatoms. The number of piperazine rings is 1. The van der Waals surface area contributed by atoms with E-state index >= 15 is 0 Å². The first-order valence-corrected chi connectivity index (χ1v) is 9.92. The van der Waals surface area contributed by atoms with E-state index < -0.39 is 0 Å². The van der Waals surface area contributed by atoms with Crippen molar-refractivity contribution in [2.24, 2.45) is 0 Å². The third-order valence-electron chi connectivity index (χ3n) is 5.32. The maximum Gasteiger partial charge on any atom is 0.121 e. The van der Waals surface area contributed by atoms with Crippen LogP contribution in [-0.4, -0.2) is 54.3 Å². The van der Waals surface area contributed by atoms with Gasteiger partial charge in [-0.1, -0.05) is 35.9 Å². The molecule has 146 valence electrons. The Morgan fingerprint density at radius 3 is 2.48 bits per heavy atom. The zero-order valence-corrected chi connectivity index (χ0v) is 17.0. The molecule has 1 atom stereocenters. The van der Waals surface area contributed by atoms with E-state index in [4.69, 9.17) is 16.3 Å². The summed E-state index contributed by atoms with van der Waals surface area (Å²) in [5.74, 6) is 0.929. The Labute approximate surface area is 167 Å². The van der Waals surface area contributed by atoms with E-state index in [0.29, 0.717) is 6.04 Å². The lowest BCUT2D eigenvalue weighted by Gasteiger charge is -2.41. The van der Waals surface area contributed by atoms with E-state index in [1.807, 2.05) is 18.2 Å². The number of aliphatic hydroxyl groups is 1. The Morgan fingerprint density at radius 1 is 1.07 bits per heavy atom. The van der Waals surface area contributed by atoms with Gasteiger partial charge in [-0.25, -0.2) is 0 Å². The highest BCUT2D eigenvalue weighted by atomic mass is 35.5. The number of nitrogens with zero attached hydrogens (tertiary/aromatic N) is 2. The van der Waals surface area contributed by atoms with Gasteiger partial charge in [0.25, 0.3) is 0 Å². The quantitative estimate of drug-likeness (QED) is 0.784. The Kier molecular flexibility index (Phi) is 7.13. The van der Waals surface area contributed by atoms with Crippen LogP contribution in [0.1, 0.15) is 23.1 Å². The highest BCUT2D eigenvalue weighted by Crippen LogP contribution is 2.23. The molecule has 1 heterocycles. The fourth-order valence-corrected chi connectivity index (χ4v) is 3.98. The van der Waals surface area contributed by atoms with Crippen LogP contribution < -0.4 is 4.74 Å². The third-order valence-corrected chi connectivity index (χ3v) is 5.57. The molecule has 27 heavy (non-hydrogen) atoms. The SMILES string of the molecule is COc1ccc(CN2CCN(Cc3ccc(Cl)cc3)C[C@H]2CCO)cc1C. The minimum atomic E-state index is 0.220. The first kappa shape index (κ1) is 20.2. The van der Waals surface area contributed by atoms with Crippen LogP contribution in [0, 0.1) is 6.92 Å². The molecule has 0 aromatic heterocycles. The van der Waals surface area contributed by atoms with Crippen molar-refractivity contribution in [3.63, 3.8) is 0 Å². The summed E-state index contributed by atoms with van der Waals surface area (Å²) < 4.78 is 5.37. The van der Waals surface area contributed by atoms with Crippen molar-refractivity contribution < 1.29 is 9.84 Å². The number of ether oxygens (including phenoxy) is 1. The minimum Gasteiger partial charge on any atom is -0.496 e. The van der Waals surface area contributed by atoms with Crippen molar-refractivity contribution in [3.8, 4) is 5.75 Å². The molecular weight excluding hydrogens is 360 g/mol. The van der Waals surface area contributed by atoms with Crippen LogP contribution >= 0.6 is 11.6 Å². The lowest BCUT2D eigenvalue weighted by Crippen LogP contribution is -2.52. The van der Waals surface area contributed by atoms with Crippen molar-refractivity contribution in [2.45, 2.75) is 32.5 Å². The number of aliphatic hydroxyl groups excluding tert-OH is 1. The highest BCUT2D eigenvalue weighted by Gasteiger charge is 2.26. The maximum absolute atomic E-state index is 9.54. The topological polar surface area (TPSA) is 35.9 Å². The van der Waals surface area contributed by atoms with E-state index in [1.54, 1.807) is 7.11 Å². The smallest absolute Gasteiger partial charge is 0.121 e. The molecule has 1 aliphatic rings. The van der Waals surface area contributed by atoms with Gasteiger partial charge in [0.15, 0.2) is 0 Å². The number of benzene rings is 2. The van der Waals surface area contributed by atoms with Gasteiger partial charge in [-0.2, -0.15) is 0 Å². The van der Waals surface area contributed by atoms with Crippen molar-refractivity contribution in [2.75, 3.05) is 33.4 Å². The fourth-order valence-electron chi connectivity index (χ4n) is 3.85. The zero-order valence-electron chi connectivity index (χ0n) is 16.2. The van der Waals surface area contributed by atoms with E-state index in [-0.39, 0.29) is 6.61 Å². The van der Waals surface area contributed by atoms with Crippen LogP contribution in [0.15, 0.2) is 42.5 Å². The van der Waals surface area contributed by atoms with Crippen molar-refractivity contribution in [1.29, 1.82) is 0 Å². The first-order chi connectivity index (χ1) is 13.1. The van der Waals surface area contributed by atoms with Crippen molar-refractivity contribution >= 4 is 11.6 Å². The second-order valence-corrected chi connectivity index (χ2v) is 7.74. The summed E-state index contributed by atoms with van der Waals surface area (Å²) in [6, 6.07) is 14.8. The third kappa shape index (κ3) is 5.45. The predicted molar refractivity (Wildman–Crippen MR) is 110 cm³/mol. The van der Waals surface area contributed by atoms with Gasteiger partial charge >= 0.3 is 0 Å². The van der Waals surface area contributed by atoms with Crippen molar-refractivity contribution in [3.05, 3.63) is 64.2 Å². The summed E-state index contributed by atoms with van der Waals surface area (Å²) in [5.41, 5.74) is 3.74. The van der Waals surface area contributed by atoms with Gasteiger partial charge in [0.2, 0.25) is 0 Å². The molecule has 1 saturated heterocycles. The molecule has 1 aliphatic heterocycles. The molecule has 0 spiro atoms. The van der Waals surface area contributed by atoms with Crippen LogP contribution in [0.25, 0.3) is 0 Å². The minimum absolute atomic E-state index is 0.220. The summed E-state index contributed by atoms with van der Waals surface area (Å²) >= 11 is 5.99. The highest BCUT2D eigenvalue weighted by molar-refractivity contribution is 6.30. The van der Waals surface area contributed by atoms with Gasteiger partial charge < -0.3 is 9.84 Å². The number of hydrogen-bond donors (Lipinski definition) is 1. The number of hydrogen-bond acceptors (Lipinski definition) is 4. The van der Waals surface area contributed by atoms with Gasteiger partial charge in [0.05, 0.1) is 7.11 Å². The second kappa shape index (κ2) is 9.56. The summed E-state index contributed by atoms with van der Waals surface area (Å²) in [6.45, 7) is 7.13. The van der Waals surface area contributed by atoms with E-state index in [0.717, 1.165) is 55.5 Å². The van der Waals surface area contributed by atoms with E-state index in [2.05, 4.69) is 41.0 Å². The van der Waals surface area contributed by atoms with Crippen LogP contribution in [-0.2, 0) is 13.1 Å². The second-order valence-electron chi connectivity index (χ2n) is 7.30. The van der Waals surface area contributed by atoms with E-state index in [1.165, 1.54) is 11.1 Å². The molecule has 3 rings (SSSR count). The monoisotopic (exact) mass is 388 g/mol. The van der Waals surface area contributed by atoms with Gasteiger partial charge in [0.1, 0.15) is 5.75 Å². The summed E-state index contributed by atoms with van der Waals surface area (Å²) in [4.78, 5) is 4.97. The molecule has 0 bridgehead atoms. The molecule has 2 aromatic carbocycles. The first-order valence-electron chi connectivity index (χ1n) is 9.54. The molecule has 0 saturated carbocycles. The Balaban J connectivity index is 1.63. The summed E-state index contributed by atoms with van der Waals surface area (Å²) in [6.07, 6.45) is 0.798. The number of halogens is 1. The Morgan fingerprint density at radius 2 is 1.81 bits per heavy atom. The molecule has 2 aromatic rings. The molecule has 1 fully saturated rings. The van der Waals surface area contributed by atoms with Gasteiger partial charge in [-0.3, -0.25) is 9.80 Å². The summed E-state index contributed by atoms with van der Waals surface area (Å²) in [7, 11) is 1.71. The summed E-state index contributed by atoms with van der Waals surface area (Å²) in [5, 5.41) is 10.3. The van der Waals surface area contributed by atoms with Gasteiger partial charge in [0, 0.05) is 50.4 Å². The van der Waals surface area contributed by atoms with Crippen LogP contribution in [0.2, 0.25) is 5.02 Å². The van der Waals surface area contributed by atoms with E-state index in [9.17, 15) is 5.11 Å². The Bertz CT molecular complexity index is 736. The molecule has 0 amide bonds. The van der Waals surface area contributed by atoms with Gasteiger partial charge in [-0.05, 0) is 48.2 Å². The van der Waals surface area contributed by atoms with Crippen LogP contribution in [0.3, 0.4) is 0 Å². The molecule has 4 nitrogen and oxygen atoms in total. The number of methoxy groups -OCH3 is 1. The van der Waals surface area contributed by atoms with Gasteiger partial charge in [-0.15, -0.1) is 0 Å². The molecule has 0 unspecified atom stereocenters. The maximum atomic E-state index is 9.54. The van der Waals surface area contributed by atoms with Crippen molar-refractivity contribution in [1.82, 2.24) is 9.80 Å².